The van der Waals surface area contributed by atoms with Crippen LogP contribution in [0.5, 0.6) is 0 Å². The number of alkyl halides is 5. The number of hydrogen-bond acceptors (Lipinski definition) is 5. The van der Waals surface area contributed by atoms with Gasteiger partial charge in [0.1, 0.15) is 0 Å². The van der Waals surface area contributed by atoms with Crippen LogP contribution in [-0.4, -0.2) is 36.5 Å². The molecule has 0 heterocycles. The fraction of sp³-hybridized carbons (Fsp3) is 0.909. The maximum absolute atomic E-state index is 13.0. The Morgan fingerprint density at radius 1 is 1.09 bits per heavy atom. The summed E-state index contributed by atoms with van der Waals surface area (Å²) in [7, 11) is -6.64. The second kappa shape index (κ2) is 8.04. The molecule has 0 bridgehead atoms. The van der Waals surface area contributed by atoms with Crippen LogP contribution < -0.4 is 0 Å². The Morgan fingerprint density at radius 3 is 2.00 bits per heavy atom. The van der Waals surface area contributed by atoms with Crippen molar-refractivity contribution in [2.24, 2.45) is 0 Å². The van der Waals surface area contributed by atoms with Crippen molar-refractivity contribution in [3.8, 4) is 0 Å². The van der Waals surface area contributed by atoms with E-state index < -0.39 is 40.0 Å². The van der Waals surface area contributed by atoms with E-state index in [1.54, 1.807) is 0 Å². The summed E-state index contributed by atoms with van der Waals surface area (Å²) in [4.78, 5) is 11.2. The molecule has 0 aromatic heterocycles. The molecule has 1 unspecified atom stereocenters. The highest BCUT2D eigenvalue weighted by Gasteiger charge is 2.62. The predicted molar refractivity (Wildman–Crippen MR) is 64.0 cm³/mol. The summed E-state index contributed by atoms with van der Waals surface area (Å²) in [6.45, 7) is 1.91. The molecule has 1 atom stereocenters. The van der Waals surface area contributed by atoms with Gasteiger partial charge in [0.05, 0.1) is 0 Å². The molecular weight excluding hydrogens is 339 g/mol. The molecular formula is C11H16F5O5S-. The largest absolute Gasteiger partial charge is 0.743 e. The first-order chi connectivity index (χ1) is 9.84. The van der Waals surface area contributed by atoms with Crippen molar-refractivity contribution in [2.45, 2.75) is 63.0 Å². The van der Waals surface area contributed by atoms with E-state index in [1.165, 1.54) is 0 Å². The summed E-state index contributed by atoms with van der Waals surface area (Å²) in [5, 5.41) is -5.79. The van der Waals surface area contributed by atoms with E-state index in [9.17, 15) is 39.7 Å². The number of esters is 1. The number of ether oxygens (including phenoxy) is 1. The standard InChI is InChI=1S/C11H17F5O5S/c1-2-3-4-5-6-7-8(17)21-9(10(12,13)14)11(15,16)22(18,19)20/h9H,2-7H2,1H3,(H,18,19,20)/p-1. The van der Waals surface area contributed by atoms with Crippen LogP contribution in [0.2, 0.25) is 0 Å². The Kier molecular flexibility index (Phi) is 7.69. The third kappa shape index (κ3) is 6.42. The van der Waals surface area contributed by atoms with Gasteiger partial charge in [0, 0.05) is 6.42 Å². The first-order valence-corrected chi connectivity index (χ1v) is 7.84. The fourth-order valence-electron chi connectivity index (χ4n) is 1.52. The minimum absolute atomic E-state index is 0.110. The van der Waals surface area contributed by atoms with Gasteiger partial charge in [-0.05, 0) is 6.42 Å². The minimum Gasteiger partial charge on any atom is -0.743 e. The summed E-state index contributed by atoms with van der Waals surface area (Å²) in [6, 6.07) is 0. The molecule has 0 fully saturated rings. The van der Waals surface area contributed by atoms with E-state index in [4.69, 9.17) is 0 Å². The Bertz CT molecular complexity index is 460. The van der Waals surface area contributed by atoms with Crippen molar-refractivity contribution < 1.29 is 44.5 Å². The summed E-state index contributed by atoms with van der Waals surface area (Å²) >= 11 is 0. The Labute approximate surface area is 124 Å². The fourth-order valence-corrected chi connectivity index (χ4v) is 1.96. The zero-order valence-electron chi connectivity index (χ0n) is 11.7. The van der Waals surface area contributed by atoms with Crippen molar-refractivity contribution in [1.82, 2.24) is 0 Å². The van der Waals surface area contributed by atoms with E-state index in [2.05, 4.69) is 4.74 Å². The van der Waals surface area contributed by atoms with Gasteiger partial charge in [0.2, 0.25) is 0 Å². The van der Waals surface area contributed by atoms with Crippen LogP contribution in [0.4, 0.5) is 22.0 Å². The number of unbranched alkanes of at least 4 members (excludes halogenated alkanes) is 4. The molecule has 5 nitrogen and oxygen atoms in total. The summed E-state index contributed by atoms with van der Waals surface area (Å²) < 4.78 is 97.7. The van der Waals surface area contributed by atoms with Crippen LogP contribution in [0.1, 0.15) is 45.4 Å². The Balaban J connectivity index is 4.80. The van der Waals surface area contributed by atoms with E-state index in [-0.39, 0.29) is 6.42 Å². The van der Waals surface area contributed by atoms with Gasteiger partial charge in [0.15, 0.2) is 10.1 Å². The molecule has 0 amide bonds. The smallest absolute Gasteiger partial charge is 0.432 e. The zero-order chi connectivity index (χ0) is 17.6. The second-order valence-corrected chi connectivity index (χ2v) is 6.04. The summed E-state index contributed by atoms with van der Waals surface area (Å²) in [5.74, 6) is -1.64. The molecule has 0 aliphatic rings. The summed E-state index contributed by atoms with van der Waals surface area (Å²) in [6.07, 6.45) is -7.76. The highest BCUT2D eigenvalue weighted by atomic mass is 32.2. The van der Waals surface area contributed by atoms with Gasteiger partial charge in [-0.3, -0.25) is 4.79 Å². The maximum Gasteiger partial charge on any atom is 0.432 e. The highest BCUT2D eigenvalue weighted by molar-refractivity contribution is 7.86. The lowest BCUT2D eigenvalue weighted by atomic mass is 10.1. The number of carbonyl (C=O) groups excluding carboxylic acids is 1. The van der Waals surface area contributed by atoms with E-state index in [0.29, 0.717) is 12.8 Å². The first kappa shape index (κ1) is 21.0. The van der Waals surface area contributed by atoms with Crippen LogP contribution in [0.3, 0.4) is 0 Å². The van der Waals surface area contributed by atoms with Crippen molar-refractivity contribution in [1.29, 1.82) is 0 Å². The van der Waals surface area contributed by atoms with Gasteiger partial charge >= 0.3 is 17.4 Å². The minimum atomic E-state index is -6.64. The normalized spacial score (nSPS) is 14.7. The average molecular weight is 355 g/mol. The molecule has 0 spiro atoms. The third-order valence-electron chi connectivity index (χ3n) is 2.67. The quantitative estimate of drug-likeness (QED) is 0.275. The lowest BCUT2D eigenvalue weighted by Gasteiger charge is -2.29. The second-order valence-electron chi connectivity index (χ2n) is 4.59. The van der Waals surface area contributed by atoms with E-state index in [1.807, 2.05) is 6.92 Å². The van der Waals surface area contributed by atoms with Gasteiger partial charge < -0.3 is 9.29 Å². The molecule has 0 N–H and O–H groups in total. The molecule has 0 rings (SSSR count). The molecule has 0 aromatic carbocycles. The van der Waals surface area contributed by atoms with Crippen molar-refractivity contribution in [3.63, 3.8) is 0 Å². The number of halogens is 5. The zero-order valence-corrected chi connectivity index (χ0v) is 12.5. The number of carbonyl (C=O) groups is 1. The van der Waals surface area contributed by atoms with Crippen LogP contribution >= 0.6 is 0 Å². The molecule has 22 heavy (non-hydrogen) atoms. The molecule has 11 heteroatoms. The van der Waals surface area contributed by atoms with Crippen molar-refractivity contribution >= 4 is 16.1 Å². The molecule has 0 saturated carbocycles. The van der Waals surface area contributed by atoms with Gasteiger partial charge in [0.25, 0.3) is 6.10 Å². The monoisotopic (exact) mass is 355 g/mol. The van der Waals surface area contributed by atoms with Crippen LogP contribution in [0.25, 0.3) is 0 Å². The number of hydrogen-bond donors (Lipinski definition) is 0. The van der Waals surface area contributed by atoms with Gasteiger partial charge in [-0.25, -0.2) is 8.42 Å². The molecule has 0 radical (unpaired) electrons. The van der Waals surface area contributed by atoms with Crippen LogP contribution in [0, 0.1) is 0 Å². The van der Waals surface area contributed by atoms with Crippen LogP contribution in [-0.2, 0) is 19.6 Å². The number of rotatable bonds is 9. The molecule has 0 aliphatic heterocycles. The molecule has 0 saturated heterocycles. The predicted octanol–water partition coefficient (Wildman–Crippen LogP) is 2.96. The van der Waals surface area contributed by atoms with Crippen molar-refractivity contribution in [3.05, 3.63) is 0 Å². The van der Waals surface area contributed by atoms with Crippen LogP contribution in [0.15, 0.2) is 0 Å². The van der Waals surface area contributed by atoms with Gasteiger partial charge in [-0.1, -0.05) is 32.6 Å². The molecule has 132 valence electrons. The lowest BCUT2D eigenvalue weighted by Crippen LogP contribution is -2.52. The van der Waals surface area contributed by atoms with Gasteiger partial charge in [-0.2, -0.15) is 22.0 Å². The SMILES string of the molecule is CCCCCCCC(=O)OC(C(F)(F)F)C(F)(F)S(=O)(=O)[O-]. The van der Waals surface area contributed by atoms with Gasteiger partial charge in [-0.15, -0.1) is 0 Å². The van der Waals surface area contributed by atoms with E-state index in [0.717, 1.165) is 12.8 Å². The lowest BCUT2D eigenvalue weighted by molar-refractivity contribution is -0.259. The first-order valence-electron chi connectivity index (χ1n) is 6.43. The Hall–Kier alpha value is -0.970. The average Bonchev–Trinajstić information content (AvgIpc) is 2.32. The topological polar surface area (TPSA) is 83.5 Å². The maximum atomic E-state index is 13.0. The third-order valence-corrected chi connectivity index (χ3v) is 3.55. The highest BCUT2D eigenvalue weighted by Crippen LogP contribution is 2.38. The van der Waals surface area contributed by atoms with E-state index >= 15 is 0 Å². The molecule has 0 aromatic rings. The molecule has 0 aliphatic carbocycles. The van der Waals surface area contributed by atoms with Crippen molar-refractivity contribution in [2.75, 3.05) is 0 Å². The Morgan fingerprint density at radius 2 is 1.59 bits per heavy atom. The summed E-state index contributed by atoms with van der Waals surface area (Å²) in [5.41, 5.74) is 0.